The molecule has 2 aliphatic rings. The smallest absolute Gasteiger partial charge is 0.323 e. The van der Waals surface area contributed by atoms with Crippen LogP contribution in [0.4, 0.5) is 0 Å². The highest BCUT2D eigenvalue weighted by Crippen LogP contribution is 2.35. The number of benzene rings is 1. The first-order valence-corrected chi connectivity index (χ1v) is 8.07. The van der Waals surface area contributed by atoms with Crippen molar-refractivity contribution in [2.24, 2.45) is 0 Å². The Morgan fingerprint density at radius 2 is 2.20 bits per heavy atom. The number of hydrogen-bond acceptors (Lipinski definition) is 5. The van der Waals surface area contributed by atoms with Gasteiger partial charge in [-0.2, -0.15) is 0 Å². The quantitative estimate of drug-likeness (QED) is 0.831. The molecule has 25 heavy (non-hydrogen) atoms. The molecule has 1 aromatic carbocycles. The van der Waals surface area contributed by atoms with Gasteiger partial charge in [0.15, 0.2) is 0 Å². The van der Waals surface area contributed by atoms with Gasteiger partial charge in [0.25, 0.3) is 5.91 Å². The molecule has 0 aliphatic carbocycles. The number of fused-ring (bicyclic) bond motifs is 1. The third-order valence-electron chi connectivity index (χ3n) is 4.64. The molecule has 8 heteroatoms. The fraction of sp³-hybridized carbons (Fsp3) is 0.471. The minimum atomic E-state index is -1.05. The van der Waals surface area contributed by atoms with E-state index in [4.69, 9.17) is 14.6 Å². The van der Waals surface area contributed by atoms with Crippen LogP contribution in [0.3, 0.4) is 0 Å². The number of aliphatic carboxylic acids is 1. The normalized spacial score (nSPS) is 23.2. The molecule has 1 spiro atoms. The summed E-state index contributed by atoms with van der Waals surface area (Å²) in [7, 11) is 1.53. The van der Waals surface area contributed by atoms with Crippen LogP contribution in [0.2, 0.25) is 0 Å². The topological polar surface area (TPSA) is 105 Å². The van der Waals surface area contributed by atoms with Crippen molar-refractivity contribution in [1.29, 1.82) is 0 Å². The van der Waals surface area contributed by atoms with E-state index in [0.29, 0.717) is 29.9 Å². The van der Waals surface area contributed by atoms with Crippen LogP contribution in [0.25, 0.3) is 0 Å². The van der Waals surface area contributed by atoms with E-state index in [-0.39, 0.29) is 37.9 Å². The van der Waals surface area contributed by atoms with Gasteiger partial charge < -0.3 is 24.8 Å². The number of carbonyl (C=O) groups is 3. The molecule has 1 fully saturated rings. The van der Waals surface area contributed by atoms with Crippen LogP contribution in [-0.4, -0.2) is 60.1 Å². The zero-order valence-corrected chi connectivity index (χ0v) is 13.9. The molecule has 2 amide bonds. The maximum absolute atomic E-state index is 12.3. The second kappa shape index (κ2) is 6.62. The largest absolute Gasteiger partial charge is 0.497 e. The fourth-order valence-electron chi connectivity index (χ4n) is 3.20. The van der Waals surface area contributed by atoms with Crippen molar-refractivity contribution in [1.82, 2.24) is 10.2 Å². The van der Waals surface area contributed by atoms with Gasteiger partial charge in [0.1, 0.15) is 23.6 Å². The van der Waals surface area contributed by atoms with Crippen molar-refractivity contribution in [3.8, 4) is 11.5 Å². The Kier molecular flexibility index (Phi) is 4.52. The first-order valence-electron chi connectivity index (χ1n) is 8.07. The number of carboxylic acids is 1. The van der Waals surface area contributed by atoms with Crippen molar-refractivity contribution in [3.63, 3.8) is 0 Å². The van der Waals surface area contributed by atoms with E-state index >= 15 is 0 Å². The predicted molar refractivity (Wildman–Crippen MR) is 86.8 cm³/mol. The number of ether oxygens (including phenoxy) is 2. The number of likely N-dealkylation sites (tertiary alicyclic amines) is 1. The van der Waals surface area contributed by atoms with Crippen LogP contribution in [0.1, 0.15) is 29.6 Å². The first-order chi connectivity index (χ1) is 11.9. The Labute approximate surface area is 144 Å². The van der Waals surface area contributed by atoms with Crippen LogP contribution >= 0.6 is 0 Å². The second-order valence-corrected chi connectivity index (χ2v) is 6.29. The van der Waals surface area contributed by atoms with E-state index in [2.05, 4.69) is 5.32 Å². The summed E-state index contributed by atoms with van der Waals surface area (Å²) in [6.45, 7) is 0.197. The van der Waals surface area contributed by atoms with E-state index in [9.17, 15) is 14.4 Å². The van der Waals surface area contributed by atoms with Crippen molar-refractivity contribution in [3.05, 3.63) is 23.8 Å². The summed E-state index contributed by atoms with van der Waals surface area (Å²) in [5, 5.41) is 11.8. The monoisotopic (exact) mass is 348 g/mol. The highest BCUT2D eigenvalue weighted by atomic mass is 16.5. The molecule has 1 saturated heterocycles. The number of carbonyl (C=O) groups excluding carboxylic acids is 2. The lowest BCUT2D eigenvalue weighted by Gasteiger charge is -2.32. The Morgan fingerprint density at radius 1 is 1.40 bits per heavy atom. The molecule has 8 nitrogen and oxygen atoms in total. The summed E-state index contributed by atoms with van der Waals surface area (Å²) < 4.78 is 11.4. The highest BCUT2D eigenvalue weighted by Gasteiger charge is 2.40. The molecule has 1 unspecified atom stereocenters. The Balaban J connectivity index is 1.87. The van der Waals surface area contributed by atoms with E-state index in [1.54, 1.807) is 18.2 Å². The summed E-state index contributed by atoms with van der Waals surface area (Å²) in [5.41, 5.74) is -0.341. The number of methoxy groups -OCH3 is 1. The van der Waals surface area contributed by atoms with E-state index in [0.717, 1.165) is 0 Å². The van der Waals surface area contributed by atoms with E-state index in [1.807, 2.05) is 0 Å². The summed E-state index contributed by atoms with van der Waals surface area (Å²) in [5.74, 6) is -0.527. The molecular weight excluding hydrogens is 328 g/mol. The molecule has 0 saturated carbocycles. The lowest BCUT2D eigenvalue weighted by Crippen LogP contribution is -2.46. The van der Waals surface area contributed by atoms with Crippen LogP contribution in [0, 0.1) is 0 Å². The van der Waals surface area contributed by atoms with Crippen molar-refractivity contribution < 1.29 is 29.0 Å². The maximum Gasteiger partial charge on any atom is 0.323 e. The number of nitrogens with one attached hydrogen (secondary N) is 1. The fourth-order valence-corrected chi connectivity index (χ4v) is 3.20. The molecular formula is C17H20N2O6. The van der Waals surface area contributed by atoms with Gasteiger partial charge in [0.05, 0.1) is 19.2 Å². The first kappa shape index (κ1) is 17.1. The third-order valence-corrected chi connectivity index (χ3v) is 4.64. The van der Waals surface area contributed by atoms with Crippen molar-refractivity contribution in [2.45, 2.75) is 24.9 Å². The molecule has 0 radical (unpaired) electrons. The Bertz CT molecular complexity index is 719. The van der Waals surface area contributed by atoms with Crippen LogP contribution in [0.15, 0.2) is 18.2 Å². The van der Waals surface area contributed by atoms with Gasteiger partial charge in [-0.1, -0.05) is 0 Å². The van der Waals surface area contributed by atoms with Crippen molar-refractivity contribution in [2.75, 3.05) is 26.7 Å². The molecule has 134 valence electrons. The standard InChI is InChI=1S/C17H20N2O6/c1-24-11-2-3-12-13(8-11)25-17(10-18-16(12)23)5-4-14(20)19(7-6-17)9-15(21)22/h2-3,8H,4-7,9-10H2,1H3,(H,18,23)(H,21,22). The molecule has 1 aromatic rings. The SMILES string of the molecule is COc1ccc2c(c1)OC1(CCC(=O)N(CC(=O)O)CC1)CNC2=O. The average Bonchev–Trinajstić information content (AvgIpc) is 2.82. The number of carboxylic acid groups (broad SMARTS) is 1. The Hall–Kier alpha value is -2.77. The number of nitrogens with zero attached hydrogens (tertiary/aromatic N) is 1. The zero-order valence-electron chi connectivity index (χ0n) is 13.9. The summed E-state index contributed by atoms with van der Waals surface area (Å²) in [6, 6.07) is 4.98. The molecule has 0 aromatic heterocycles. The Morgan fingerprint density at radius 3 is 2.92 bits per heavy atom. The van der Waals surface area contributed by atoms with E-state index in [1.165, 1.54) is 12.0 Å². The third kappa shape index (κ3) is 3.52. The van der Waals surface area contributed by atoms with Crippen molar-refractivity contribution >= 4 is 17.8 Å². The zero-order chi connectivity index (χ0) is 18.0. The van der Waals surface area contributed by atoms with Gasteiger partial charge >= 0.3 is 5.97 Å². The molecule has 0 bridgehead atoms. The molecule has 2 heterocycles. The predicted octanol–water partition coefficient (Wildman–Crippen LogP) is 0.653. The highest BCUT2D eigenvalue weighted by molar-refractivity contribution is 5.97. The van der Waals surface area contributed by atoms with Crippen LogP contribution in [-0.2, 0) is 9.59 Å². The summed E-state index contributed by atoms with van der Waals surface area (Å²) in [6.07, 6.45) is 1.00. The van der Waals surface area contributed by atoms with Gasteiger partial charge in [0, 0.05) is 25.5 Å². The molecule has 2 N–H and O–H groups in total. The van der Waals surface area contributed by atoms with Gasteiger partial charge in [0.2, 0.25) is 5.91 Å². The molecule has 1 atom stereocenters. The van der Waals surface area contributed by atoms with Gasteiger partial charge in [-0.3, -0.25) is 14.4 Å². The number of amides is 2. The number of rotatable bonds is 3. The van der Waals surface area contributed by atoms with Gasteiger partial charge in [-0.05, 0) is 18.6 Å². The van der Waals surface area contributed by atoms with Crippen LogP contribution < -0.4 is 14.8 Å². The minimum Gasteiger partial charge on any atom is -0.497 e. The van der Waals surface area contributed by atoms with Crippen LogP contribution in [0.5, 0.6) is 11.5 Å². The molecule has 3 rings (SSSR count). The lowest BCUT2D eigenvalue weighted by atomic mass is 9.94. The molecule has 2 aliphatic heterocycles. The lowest BCUT2D eigenvalue weighted by molar-refractivity contribution is -0.144. The summed E-state index contributed by atoms with van der Waals surface area (Å²) in [4.78, 5) is 36.7. The maximum atomic E-state index is 12.3. The number of hydrogen-bond donors (Lipinski definition) is 2. The van der Waals surface area contributed by atoms with Gasteiger partial charge in [-0.15, -0.1) is 0 Å². The van der Waals surface area contributed by atoms with E-state index < -0.39 is 11.6 Å². The summed E-state index contributed by atoms with van der Waals surface area (Å²) >= 11 is 0. The average molecular weight is 348 g/mol. The minimum absolute atomic E-state index is 0.169. The van der Waals surface area contributed by atoms with Gasteiger partial charge in [-0.25, -0.2) is 0 Å². The second-order valence-electron chi connectivity index (χ2n) is 6.29.